The summed E-state index contributed by atoms with van der Waals surface area (Å²) in [6, 6.07) is 11.7. The van der Waals surface area contributed by atoms with Gasteiger partial charge in [-0.05, 0) is 24.6 Å². The smallest absolute Gasteiger partial charge is 0.244 e. The number of carbonyl (C=O) groups is 1. The minimum atomic E-state index is -0.193. The summed E-state index contributed by atoms with van der Waals surface area (Å²) in [6.07, 6.45) is 2.53. The number of alkyl halides is 1. The van der Waals surface area contributed by atoms with Gasteiger partial charge in [0.15, 0.2) is 0 Å². The maximum absolute atomic E-state index is 12.3. The third-order valence-electron chi connectivity index (χ3n) is 3.73. The number of aryl methyl sites for hydroxylation is 1. The Hall–Kier alpha value is -2.07. The molecule has 1 unspecified atom stereocenters. The zero-order chi connectivity index (χ0) is 15.5. The van der Waals surface area contributed by atoms with Crippen molar-refractivity contribution in [3.63, 3.8) is 0 Å². The summed E-state index contributed by atoms with van der Waals surface area (Å²) >= 11 is 5.70. The molecular weight excluding hydrogens is 300 g/mol. The van der Waals surface area contributed by atoms with Crippen LogP contribution >= 0.6 is 11.6 Å². The molecule has 1 aromatic carbocycles. The van der Waals surface area contributed by atoms with E-state index in [1.54, 1.807) is 6.26 Å². The molecule has 2 aromatic rings. The molecule has 0 saturated carbocycles. The molecule has 22 heavy (non-hydrogen) atoms. The summed E-state index contributed by atoms with van der Waals surface area (Å²) in [4.78, 5) is 12.3. The maximum atomic E-state index is 12.3. The van der Waals surface area contributed by atoms with Crippen LogP contribution in [0.3, 0.4) is 0 Å². The molecule has 0 saturated heterocycles. The normalized spacial score (nSPS) is 17.6. The van der Waals surface area contributed by atoms with Gasteiger partial charge in [0, 0.05) is 18.7 Å². The SMILES string of the molecule is Cc1ccc(C2=NN(C(=O)CCCl)C(c3ccco3)C2)cc1. The van der Waals surface area contributed by atoms with Gasteiger partial charge in [0.25, 0.3) is 0 Å². The van der Waals surface area contributed by atoms with E-state index in [-0.39, 0.29) is 24.2 Å². The van der Waals surface area contributed by atoms with E-state index in [0.29, 0.717) is 6.42 Å². The predicted molar refractivity (Wildman–Crippen MR) is 86.0 cm³/mol. The van der Waals surface area contributed by atoms with Gasteiger partial charge >= 0.3 is 0 Å². The molecule has 3 rings (SSSR count). The van der Waals surface area contributed by atoms with Crippen LogP contribution in [-0.4, -0.2) is 22.5 Å². The number of amides is 1. The summed E-state index contributed by atoms with van der Waals surface area (Å²) in [5.74, 6) is 0.947. The van der Waals surface area contributed by atoms with Crippen molar-refractivity contribution in [3.8, 4) is 0 Å². The van der Waals surface area contributed by atoms with Crippen molar-refractivity contribution in [2.45, 2.75) is 25.8 Å². The van der Waals surface area contributed by atoms with E-state index >= 15 is 0 Å². The minimum absolute atomic E-state index is 0.0847. The first-order valence-corrected chi connectivity index (χ1v) is 7.78. The Morgan fingerprint density at radius 1 is 1.36 bits per heavy atom. The van der Waals surface area contributed by atoms with Gasteiger partial charge in [0.05, 0.1) is 12.0 Å². The highest BCUT2D eigenvalue weighted by atomic mass is 35.5. The van der Waals surface area contributed by atoms with E-state index < -0.39 is 0 Å². The number of rotatable bonds is 4. The molecule has 0 radical (unpaired) electrons. The Bertz CT molecular complexity index is 677. The van der Waals surface area contributed by atoms with Crippen molar-refractivity contribution in [2.75, 3.05) is 5.88 Å². The Labute approximate surface area is 134 Å². The molecule has 1 atom stereocenters. The largest absolute Gasteiger partial charge is 0.467 e. The molecule has 0 fully saturated rings. The lowest BCUT2D eigenvalue weighted by atomic mass is 10.0. The molecule has 1 amide bonds. The van der Waals surface area contributed by atoms with Crippen molar-refractivity contribution in [1.82, 2.24) is 5.01 Å². The fourth-order valence-corrected chi connectivity index (χ4v) is 2.72. The van der Waals surface area contributed by atoms with Crippen molar-refractivity contribution in [3.05, 3.63) is 59.5 Å². The zero-order valence-corrected chi connectivity index (χ0v) is 13.1. The first kappa shape index (κ1) is 14.9. The molecule has 114 valence electrons. The second-order valence-electron chi connectivity index (χ2n) is 5.33. The first-order valence-electron chi connectivity index (χ1n) is 7.25. The summed E-state index contributed by atoms with van der Waals surface area (Å²) in [6.45, 7) is 2.04. The van der Waals surface area contributed by atoms with Gasteiger partial charge in [-0.3, -0.25) is 4.79 Å². The Morgan fingerprint density at radius 2 is 2.14 bits per heavy atom. The number of benzene rings is 1. The number of hydrogen-bond acceptors (Lipinski definition) is 3. The van der Waals surface area contributed by atoms with Crippen LogP contribution in [0.25, 0.3) is 0 Å². The fourth-order valence-electron chi connectivity index (χ4n) is 2.56. The Kier molecular flexibility index (Phi) is 4.29. The average molecular weight is 317 g/mol. The lowest BCUT2D eigenvalue weighted by molar-refractivity contribution is -0.132. The molecule has 2 heterocycles. The van der Waals surface area contributed by atoms with E-state index in [0.717, 1.165) is 17.0 Å². The zero-order valence-electron chi connectivity index (χ0n) is 12.3. The molecule has 0 N–H and O–H groups in total. The summed E-state index contributed by atoms with van der Waals surface area (Å²) in [7, 11) is 0. The van der Waals surface area contributed by atoms with Crippen LogP contribution < -0.4 is 0 Å². The van der Waals surface area contributed by atoms with E-state index in [9.17, 15) is 4.79 Å². The van der Waals surface area contributed by atoms with E-state index in [1.165, 1.54) is 10.6 Å². The molecule has 0 spiro atoms. The van der Waals surface area contributed by atoms with Crippen LogP contribution in [-0.2, 0) is 4.79 Å². The first-order chi connectivity index (χ1) is 10.7. The predicted octanol–water partition coefficient (Wildman–Crippen LogP) is 3.89. The van der Waals surface area contributed by atoms with Crippen molar-refractivity contribution < 1.29 is 9.21 Å². The van der Waals surface area contributed by atoms with Crippen molar-refractivity contribution in [1.29, 1.82) is 0 Å². The van der Waals surface area contributed by atoms with E-state index in [2.05, 4.69) is 5.10 Å². The standard InChI is InChI=1S/C17H17ClN2O2/c1-12-4-6-13(7-5-12)14-11-15(16-3-2-10-22-16)20(19-14)17(21)8-9-18/h2-7,10,15H,8-9,11H2,1H3. The highest BCUT2D eigenvalue weighted by Gasteiger charge is 2.34. The summed E-state index contributed by atoms with van der Waals surface area (Å²) in [5, 5.41) is 6.04. The van der Waals surface area contributed by atoms with E-state index in [4.69, 9.17) is 16.0 Å². The molecule has 1 aliphatic rings. The number of hydrogen-bond donors (Lipinski definition) is 0. The van der Waals surface area contributed by atoms with Gasteiger partial charge in [0.1, 0.15) is 11.8 Å². The number of halogens is 1. The molecule has 4 nitrogen and oxygen atoms in total. The monoisotopic (exact) mass is 316 g/mol. The van der Waals surface area contributed by atoms with Gasteiger partial charge < -0.3 is 4.42 Å². The molecule has 5 heteroatoms. The number of carbonyl (C=O) groups excluding carboxylic acids is 1. The molecular formula is C17H17ClN2O2. The van der Waals surface area contributed by atoms with Crippen molar-refractivity contribution in [2.24, 2.45) is 5.10 Å². The van der Waals surface area contributed by atoms with Crippen LogP contribution in [0, 0.1) is 6.92 Å². The Balaban J connectivity index is 1.91. The quantitative estimate of drug-likeness (QED) is 0.803. The van der Waals surface area contributed by atoms with Crippen molar-refractivity contribution >= 4 is 23.2 Å². The number of hydrazone groups is 1. The van der Waals surface area contributed by atoms with Crippen LogP contribution in [0.5, 0.6) is 0 Å². The minimum Gasteiger partial charge on any atom is -0.467 e. The van der Waals surface area contributed by atoms with Crippen LogP contribution in [0.2, 0.25) is 0 Å². The third kappa shape index (κ3) is 2.92. The van der Waals surface area contributed by atoms with Crippen LogP contribution in [0.15, 0.2) is 52.2 Å². The highest BCUT2D eigenvalue weighted by molar-refractivity contribution is 6.19. The van der Waals surface area contributed by atoms with Crippen LogP contribution in [0.1, 0.15) is 35.8 Å². The van der Waals surface area contributed by atoms with Gasteiger partial charge in [-0.15, -0.1) is 11.6 Å². The highest BCUT2D eigenvalue weighted by Crippen LogP contribution is 2.33. The average Bonchev–Trinajstić information content (AvgIpc) is 3.17. The lowest BCUT2D eigenvalue weighted by Gasteiger charge is -2.19. The summed E-state index contributed by atoms with van der Waals surface area (Å²) in [5.41, 5.74) is 3.12. The maximum Gasteiger partial charge on any atom is 0.244 e. The molecule has 0 aliphatic carbocycles. The topological polar surface area (TPSA) is 45.8 Å². The Morgan fingerprint density at radius 3 is 2.77 bits per heavy atom. The fraction of sp³-hybridized carbons (Fsp3) is 0.294. The van der Waals surface area contributed by atoms with E-state index in [1.807, 2.05) is 43.3 Å². The number of nitrogens with zero attached hydrogens (tertiary/aromatic N) is 2. The number of furan rings is 1. The molecule has 1 aliphatic heterocycles. The molecule has 1 aromatic heterocycles. The second kappa shape index (κ2) is 6.36. The lowest BCUT2D eigenvalue weighted by Crippen LogP contribution is -2.26. The second-order valence-corrected chi connectivity index (χ2v) is 5.70. The van der Waals surface area contributed by atoms with Gasteiger partial charge in [-0.2, -0.15) is 5.10 Å². The van der Waals surface area contributed by atoms with Gasteiger partial charge in [-0.1, -0.05) is 29.8 Å². The third-order valence-corrected chi connectivity index (χ3v) is 3.92. The van der Waals surface area contributed by atoms with Gasteiger partial charge in [-0.25, -0.2) is 5.01 Å². The van der Waals surface area contributed by atoms with Gasteiger partial charge in [0.2, 0.25) is 5.91 Å². The van der Waals surface area contributed by atoms with Crippen LogP contribution in [0.4, 0.5) is 0 Å². The summed E-state index contributed by atoms with van der Waals surface area (Å²) < 4.78 is 5.48. The molecule has 0 bridgehead atoms.